The van der Waals surface area contributed by atoms with Gasteiger partial charge in [0.1, 0.15) is 0 Å². The van der Waals surface area contributed by atoms with Gasteiger partial charge in [0.25, 0.3) is 0 Å². The summed E-state index contributed by atoms with van der Waals surface area (Å²) in [6.07, 6.45) is 0. The van der Waals surface area contributed by atoms with Crippen LogP contribution in [-0.2, 0) is 4.74 Å². The first-order chi connectivity index (χ1) is 10.8. The Morgan fingerprint density at radius 2 is 1.52 bits per heavy atom. The number of nitrogens with two attached hydrogens (primary N) is 1. The fourth-order valence-corrected chi connectivity index (χ4v) is 2.76. The van der Waals surface area contributed by atoms with Gasteiger partial charge in [0.15, 0.2) is 0 Å². The lowest BCUT2D eigenvalue weighted by Crippen LogP contribution is -2.04. The van der Waals surface area contributed by atoms with Gasteiger partial charge >= 0.3 is 5.97 Å². The second-order valence-electron chi connectivity index (χ2n) is 6.45. The highest BCUT2D eigenvalue weighted by Gasteiger charge is 2.15. The largest absolute Gasteiger partial charge is 0.465 e. The Balaban J connectivity index is 2.61. The van der Waals surface area contributed by atoms with Crippen molar-refractivity contribution in [3.05, 3.63) is 53.1 Å². The molecule has 0 amide bonds. The third-order valence-electron chi connectivity index (χ3n) is 4.11. The molecule has 0 unspecified atom stereocenters. The van der Waals surface area contributed by atoms with Crippen LogP contribution in [0.5, 0.6) is 0 Å². The van der Waals surface area contributed by atoms with E-state index in [1.165, 1.54) is 7.11 Å². The first kappa shape index (κ1) is 17.1. The molecule has 0 spiro atoms. The van der Waals surface area contributed by atoms with Crippen molar-refractivity contribution < 1.29 is 9.53 Å². The minimum atomic E-state index is -0.324. The Hall–Kier alpha value is -2.29. The van der Waals surface area contributed by atoms with Gasteiger partial charge in [-0.3, -0.25) is 0 Å². The van der Waals surface area contributed by atoms with Crippen molar-refractivity contribution in [1.82, 2.24) is 0 Å². The zero-order valence-corrected chi connectivity index (χ0v) is 14.5. The van der Waals surface area contributed by atoms with Crippen molar-refractivity contribution in [3.63, 3.8) is 0 Å². The molecule has 0 atom stereocenters. The summed E-state index contributed by atoms with van der Waals surface area (Å²) in [5, 5.41) is 0. The molecule has 0 saturated heterocycles. The molecule has 0 radical (unpaired) electrons. The number of benzene rings is 2. The van der Waals surface area contributed by atoms with Crippen LogP contribution in [0.4, 0.5) is 5.69 Å². The summed E-state index contributed by atoms with van der Waals surface area (Å²) in [6, 6.07) is 11.8. The van der Waals surface area contributed by atoms with E-state index in [1.54, 1.807) is 6.07 Å². The average molecular weight is 311 g/mol. The number of ether oxygens (including phenoxy) is 1. The fraction of sp³-hybridized carbons (Fsp3) is 0.350. The molecular weight excluding hydrogens is 286 g/mol. The van der Waals surface area contributed by atoms with Crippen LogP contribution >= 0.6 is 0 Å². The molecule has 0 aliphatic heterocycles. The third kappa shape index (κ3) is 3.55. The van der Waals surface area contributed by atoms with Crippen LogP contribution in [-0.4, -0.2) is 13.1 Å². The van der Waals surface area contributed by atoms with Gasteiger partial charge in [-0.05, 0) is 58.4 Å². The second-order valence-corrected chi connectivity index (χ2v) is 6.45. The smallest absolute Gasteiger partial charge is 0.337 e. The zero-order valence-electron chi connectivity index (χ0n) is 14.5. The topological polar surface area (TPSA) is 52.3 Å². The summed E-state index contributed by atoms with van der Waals surface area (Å²) in [5.74, 6) is 0.364. The van der Waals surface area contributed by atoms with Crippen LogP contribution < -0.4 is 5.73 Å². The lowest BCUT2D eigenvalue weighted by molar-refractivity contribution is 0.0601. The molecule has 0 aromatic heterocycles. The molecular formula is C20H25NO2. The van der Waals surface area contributed by atoms with E-state index in [0.717, 1.165) is 27.9 Å². The van der Waals surface area contributed by atoms with Gasteiger partial charge in [-0.15, -0.1) is 0 Å². The fourth-order valence-electron chi connectivity index (χ4n) is 2.76. The molecule has 0 fully saturated rings. The summed E-state index contributed by atoms with van der Waals surface area (Å²) in [7, 11) is 1.39. The van der Waals surface area contributed by atoms with Gasteiger partial charge in [-0.2, -0.15) is 0 Å². The molecule has 3 nitrogen and oxygen atoms in total. The van der Waals surface area contributed by atoms with Gasteiger partial charge in [0, 0.05) is 5.69 Å². The lowest BCUT2D eigenvalue weighted by Gasteiger charge is -2.19. The SMILES string of the molecule is COC(=O)c1cccc(-c2cc(C(C)C)c(N)c(C(C)C)c2)c1. The molecule has 2 aromatic carbocycles. The number of rotatable bonds is 4. The van der Waals surface area contributed by atoms with Crippen molar-refractivity contribution in [1.29, 1.82) is 0 Å². The van der Waals surface area contributed by atoms with Gasteiger partial charge in [-0.25, -0.2) is 4.79 Å². The summed E-state index contributed by atoms with van der Waals surface area (Å²) in [6.45, 7) is 8.57. The minimum absolute atomic E-state index is 0.324. The van der Waals surface area contributed by atoms with Crippen LogP contribution in [0.3, 0.4) is 0 Å². The minimum Gasteiger partial charge on any atom is -0.465 e. The van der Waals surface area contributed by atoms with E-state index in [4.69, 9.17) is 10.5 Å². The van der Waals surface area contributed by atoms with E-state index in [0.29, 0.717) is 17.4 Å². The molecule has 0 heterocycles. The predicted octanol–water partition coefficient (Wildman–Crippen LogP) is 4.97. The van der Waals surface area contributed by atoms with E-state index in [2.05, 4.69) is 39.8 Å². The maximum atomic E-state index is 11.8. The van der Waals surface area contributed by atoms with Crippen LogP contribution in [0.2, 0.25) is 0 Å². The Bertz CT molecular complexity index is 688. The molecule has 0 saturated carbocycles. The second kappa shape index (κ2) is 6.86. The monoisotopic (exact) mass is 311 g/mol. The van der Waals surface area contributed by atoms with E-state index in [9.17, 15) is 4.79 Å². The Labute approximate surface area is 138 Å². The Kier molecular flexibility index (Phi) is 5.09. The molecule has 0 bridgehead atoms. The number of methoxy groups -OCH3 is 1. The van der Waals surface area contributed by atoms with Crippen LogP contribution in [0.1, 0.15) is 61.0 Å². The van der Waals surface area contributed by atoms with E-state index in [1.807, 2.05) is 18.2 Å². The zero-order chi connectivity index (χ0) is 17.1. The van der Waals surface area contributed by atoms with Crippen LogP contribution in [0.15, 0.2) is 36.4 Å². The van der Waals surface area contributed by atoms with Gasteiger partial charge < -0.3 is 10.5 Å². The number of hydrogen-bond acceptors (Lipinski definition) is 3. The van der Waals surface area contributed by atoms with Gasteiger partial charge in [-0.1, -0.05) is 39.8 Å². The van der Waals surface area contributed by atoms with Crippen molar-refractivity contribution in [3.8, 4) is 11.1 Å². The highest BCUT2D eigenvalue weighted by atomic mass is 16.5. The molecule has 0 aliphatic rings. The number of esters is 1. The Morgan fingerprint density at radius 3 is 2.00 bits per heavy atom. The predicted molar refractivity (Wildman–Crippen MR) is 95.8 cm³/mol. The first-order valence-corrected chi connectivity index (χ1v) is 7.97. The third-order valence-corrected chi connectivity index (χ3v) is 4.11. The molecule has 2 aromatic rings. The quantitative estimate of drug-likeness (QED) is 0.640. The molecule has 122 valence electrons. The number of carbonyl (C=O) groups excluding carboxylic acids is 1. The Morgan fingerprint density at radius 1 is 0.957 bits per heavy atom. The lowest BCUT2D eigenvalue weighted by atomic mass is 9.88. The van der Waals surface area contributed by atoms with Crippen LogP contribution in [0, 0.1) is 0 Å². The van der Waals surface area contributed by atoms with Gasteiger partial charge in [0.2, 0.25) is 0 Å². The highest BCUT2D eigenvalue weighted by molar-refractivity contribution is 5.91. The maximum absolute atomic E-state index is 11.8. The summed E-state index contributed by atoms with van der Waals surface area (Å²) in [5.41, 5.74) is 12.2. The number of carbonyl (C=O) groups is 1. The van der Waals surface area contributed by atoms with E-state index in [-0.39, 0.29) is 5.97 Å². The van der Waals surface area contributed by atoms with Crippen molar-refractivity contribution in [2.24, 2.45) is 0 Å². The van der Waals surface area contributed by atoms with Crippen LogP contribution in [0.25, 0.3) is 11.1 Å². The summed E-state index contributed by atoms with van der Waals surface area (Å²) < 4.78 is 4.81. The highest BCUT2D eigenvalue weighted by Crippen LogP contribution is 2.35. The molecule has 2 rings (SSSR count). The normalized spacial score (nSPS) is 11.1. The first-order valence-electron chi connectivity index (χ1n) is 7.97. The number of nitrogen functional groups attached to an aromatic ring is 1. The molecule has 0 aliphatic carbocycles. The average Bonchev–Trinajstić information content (AvgIpc) is 2.53. The van der Waals surface area contributed by atoms with Crippen molar-refractivity contribution >= 4 is 11.7 Å². The summed E-state index contributed by atoms with van der Waals surface area (Å²) in [4.78, 5) is 11.8. The van der Waals surface area contributed by atoms with Crippen molar-refractivity contribution in [2.75, 3.05) is 12.8 Å². The van der Waals surface area contributed by atoms with Crippen molar-refractivity contribution in [2.45, 2.75) is 39.5 Å². The number of hydrogen-bond donors (Lipinski definition) is 1. The van der Waals surface area contributed by atoms with E-state index >= 15 is 0 Å². The summed E-state index contributed by atoms with van der Waals surface area (Å²) >= 11 is 0. The maximum Gasteiger partial charge on any atom is 0.337 e. The molecule has 2 N–H and O–H groups in total. The molecule has 23 heavy (non-hydrogen) atoms. The van der Waals surface area contributed by atoms with Gasteiger partial charge in [0.05, 0.1) is 12.7 Å². The number of anilines is 1. The standard InChI is InChI=1S/C20H25NO2/c1-12(2)17-10-16(11-18(13(3)4)19(17)21)14-7-6-8-15(9-14)20(22)23-5/h6-13H,21H2,1-5H3. The van der Waals surface area contributed by atoms with E-state index < -0.39 is 0 Å². The molecule has 3 heteroatoms.